The number of nitrogens with one attached hydrogen (secondary N) is 1. The molecule has 5 aromatic rings. The second kappa shape index (κ2) is 12.8. The minimum atomic E-state index is -5.08. The number of furan rings is 1. The topological polar surface area (TPSA) is 187 Å². The Balaban J connectivity index is 0.000000345. The van der Waals surface area contributed by atoms with Crippen molar-refractivity contribution in [2.45, 2.75) is 32.0 Å². The van der Waals surface area contributed by atoms with Crippen molar-refractivity contribution in [2.24, 2.45) is 7.05 Å². The fraction of sp³-hybridized carbons (Fsp3) is 0.250. The Kier molecular flexibility index (Phi) is 9.72. The monoisotopic (exact) mass is 670 g/mol. The van der Waals surface area contributed by atoms with Gasteiger partial charge in [0, 0.05) is 24.2 Å². The van der Waals surface area contributed by atoms with Gasteiger partial charge < -0.3 is 25.7 Å². The van der Waals surface area contributed by atoms with Crippen LogP contribution in [0.4, 0.5) is 57.0 Å². The Morgan fingerprint density at radius 2 is 1.54 bits per heavy atom. The molecule has 13 nitrogen and oxygen atoms in total. The molecule has 0 atom stereocenters. The molecule has 4 aromatic heterocycles. The number of nitrogen functional groups attached to an aromatic ring is 1. The van der Waals surface area contributed by atoms with Crippen LogP contribution < -0.4 is 11.1 Å². The first-order valence-electron chi connectivity index (χ1n) is 12.0. The minimum Gasteiger partial charge on any atom is -0.475 e. The van der Waals surface area contributed by atoms with Crippen LogP contribution in [0.15, 0.2) is 41.1 Å². The predicted octanol–water partition coefficient (Wildman–Crippen LogP) is 5.44. The molecule has 5 N–H and O–H groups in total. The molecule has 4 heterocycles. The molecule has 0 fully saturated rings. The number of benzene rings is 1. The Bertz CT molecular complexity index is 1850. The third-order valence-electron chi connectivity index (χ3n) is 5.42. The lowest BCUT2D eigenvalue weighted by Crippen LogP contribution is -2.21. The molecule has 1 aromatic carbocycles. The van der Waals surface area contributed by atoms with Gasteiger partial charge in [0.1, 0.15) is 23.6 Å². The van der Waals surface area contributed by atoms with Crippen LogP contribution in [0, 0.1) is 6.92 Å². The molecular weight excluding hydrogens is 651 g/mol. The van der Waals surface area contributed by atoms with E-state index in [-0.39, 0.29) is 28.5 Å². The van der Waals surface area contributed by atoms with E-state index < -0.39 is 37.0 Å². The first kappa shape index (κ1) is 34.9. The second-order valence-corrected chi connectivity index (χ2v) is 8.96. The van der Waals surface area contributed by atoms with Crippen LogP contribution in [0.1, 0.15) is 5.69 Å². The molecule has 0 radical (unpaired) electrons. The summed E-state index contributed by atoms with van der Waals surface area (Å²) in [5.74, 6) is -5.46. The van der Waals surface area contributed by atoms with Crippen molar-refractivity contribution in [3.05, 3.63) is 42.4 Å². The van der Waals surface area contributed by atoms with Crippen LogP contribution in [0.25, 0.3) is 33.3 Å². The molecule has 0 aliphatic rings. The molecule has 5 rings (SSSR count). The van der Waals surface area contributed by atoms with E-state index in [0.29, 0.717) is 22.5 Å². The SMILES string of the molecule is Cc1nn(C)cc1Nc1nc(N)c2c(-c3ccc4occc4c3)nn(CC(F)(F)F)c2n1.O=C(O)C(F)(F)F.O=C(O)C(F)(F)F. The van der Waals surface area contributed by atoms with Gasteiger partial charge in [0.15, 0.2) is 5.65 Å². The summed E-state index contributed by atoms with van der Waals surface area (Å²) in [5, 5.41) is 26.7. The summed E-state index contributed by atoms with van der Waals surface area (Å²) in [7, 11) is 1.75. The van der Waals surface area contributed by atoms with Crippen molar-refractivity contribution in [2.75, 3.05) is 11.1 Å². The summed E-state index contributed by atoms with van der Waals surface area (Å²) in [6, 6.07) is 6.95. The maximum absolute atomic E-state index is 13.3. The van der Waals surface area contributed by atoms with Gasteiger partial charge in [0.2, 0.25) is 5.95 Å². The number of carbonyl (C=O) groups is 2. The highest BCUT2D eigenvalue weighted by Crippen LogP contribution is 2.35. The number of rotatable bonds is 4. The van der Waals surface area contributed by atoms with E-state index in [0.717, 1.165) is 10.1 Å². The van der Waals surface area contributed by atoms with Crippen molar-refractivity contribution in [3.8, 4) is 11.3 Å². The van der Waals surface area contributed by atoms with Gasteiger partial charge >= 0.3 is 30.5 Å². The molecular formula is C24H19F9N8O5. The van der Waals surface area contributed by atoms with Gasteiger partial charge in [-0.3, -0.25) is 4.68 Å². The first-order chi connectivity index (χ1) is 21.1. The third kappa shape index (κ3) is 8.75. The lowest BCUT2D eigenvalue weighted by molar-refractivity contribution is -0.193. The van der Waals surface area contributed by atoms with Crippen LogP contribution in [0.2, 0.25) is 0 Å². The van der Waals surface area contributed by atoms with Gasteiger partial charge in [0.05, 0.1) is 23.0 Å². The van der Waals surface area contributed by atoms with Crippen molar-refractivity contribution in [3.63, 3.8) is 0 Å². The van der Waals surface area contributed by atoms with E-state index in [9.17, 15) is 39.5 Å². The van der Waals surface area contributed by atoms with Gasteiger partial charge in [0.25, 0.3) is 0 Å². The molecule has 248 valence electrons. The molecule has 0 saturated carbocycles. The minimum absolute atomic E-state index is 0.00904. The highest BCUT2D eigenvalue weighted by molar-refractivity contribution is 6.00. The molecule has 0 spiro atoms. The molecule has 0 aliphatic carbocycles. The second-order valence-electron chi connectivity index (χ2n) is 8.96. The third-order valence-corrected chi connectivity index (χ3v) is 5.42. The fourth-order valence-electron chi connectivity index (χ4n) is 3.59. The lowest BCUT2D eigenvalue weighted by atomic mass is 10.1. The number of fused-ring (bicyclic) bond motifs is 2. The summed E-state index contributed by atoms with van der Waals surface area (Å²) >= 11 is 0. The Labute approximate surface area is 249 Å². The van der Waals surface area contributed by atoms with E-state index in [1.807, 2.05) is 0 Å². The van der Waals surface area contributed by atoms with E-state index >= 15 is 0 Å². The highest BCUT2D eigenvalue weighted by atomic mass is 19.4. The number of halogens is 9. The van der Waals surface area contributed by atoms with Gasteiger partial charge in [-0.1, -0.05) is 0 Å². The largest absolute Gasteiger partial charge is 0.490 e. The number of anilines is 3. The number of alkyl halides is 9. The van der Waals surface area contributed by atoms with Crippen LogP contribution in [0.3, 0.4) is 0 Å². The maximum Gasteiger partial charge on any atom is 0.490 e. The number of carboxylic acid groups (broad SMARTS) is 2. The Hall–Kier alpha value is -5.57. The molecule has 46 heavy (non-hydrogen) atoms. The zero-order valence-electron chi connectivity index (χ0n) is 23.0. The van der Waals surface area contributed by atoms with Gasteiger partial charge in [-0.25, -0.2) is 14.3 Å². The lowest BCUT2D eigenvalue weighted by Gasteiger charge is -2.08. The predicted molar refractivity (Wildman–Crippen MR) is 140 cm³/mol. The first-order valence-corrected chi connectivity index (χ1v) is 12.0. The quantitative estimate of drug-likeness (QED) is 0.179. The molecule has 0 bridgehead atoms. The number of aliphatic carboxylic acids is 2. The van der Waals surface area contributed by atoms with Crippen LogP contribution in [-0.4, -0.2) is 70.2 Å². The van der Waals surface area contributed by atoms with Crippen LogP contribution in [0.5, 0.6) is 0 Å². The summed E-state index contributed by atoms with van der Waals surface area (Å²) in [4.78, 5) is 26.4. The molecule has 0 aliphatic heterocycles. The van der Waals surface area contributed by atoms with Crippen molar-refractivity contribution < 1.29 is 63.7 Å². The van der Waals surface area contributed by atoms with E-state index in [1.54, 1.807) is 49.1 Å². The van der Waals surface area contributed by atoms with Crippen molar-refractivity contribution in [1.29, 1.82) is 0 Å². The molecule has 0 unspecified atom stereocenters. The number of hydrogen-bond donors (Lipinski definition) is 4. The number of aryl methyl sites for hydroxylation is 2. The summed E-state index contributed by atoms with van der Waals surface area (Å²) < 4.78 is 111. The Morgan fingerprint density at radius 3 is 2.04 bits per heavy atom. The van der Waals surface area contributed by atoms with Crippen molar-refractivity contribution >= 4 is 51.4 Å². The van der Waals surface area contributed by atoms with Crippen molar-refractivity contribution in [1.82, 2.24) is 29.5 Å². The number of carboxylic acids is 2. The van der Waals surface area contributed by atoms with Gasteiger partial charge in [-0.05, 0) is 31.2 Å². The summed E-state index contributed by atoms with van der Waals surface area (Å²) in [5.41, 5.74) is 8.93. The highest BCUT2D eigenvalue weighted by Gasteiger charge is 2.39. The number of nitrogens with two attached hydrogens (primary N) is 1. The van der Waals surface area contributed by atoms with Crippen LogP contribution >= 0.6 is 0 Å². The number of hydrogen-bond acceptors (Lipinski definition) is 9. The fourth-order valence-corrected chi connectivity index (χ4v) is 3.59. The van der Waals surface area contributed by atoms with E-state index in [2.05, 4.69) is 25.5 Å². The maximum atomic E-state index is 13.3. The average molecular weight is 670 g/mol. The standard InChI is InChI=1S/C20H17F3N8O.2C2HF3O2/c1-10-13(8-30(2)28-10)25-19-26-17(24)15-16(12-3-4-14-11(7-12)5-6-32-14)29-31(18(15)27-19)9-20(21,22)23;2*3-2(4,5)1(6)7/h3-8H,9H2,1-2H3,(H3,24,25,26,27);2*(H,6,7). The van der Waals surface area contributed by atoms with Crippen LogP contribution in [-0.2, 0) is 23.2 Å². The average Bonchev–Trinajstić information content (AvgIpc) is 3.59. The Morgan fingerprint density at radius 1 is 0.957 bits per heavy atom. The number of aromatic nitrogens is 6. The zero-order chi connectivity index (χ0) is 34.8. The smallest absolute Gasteiger partial charge is 0.475 e. The van der Waals surface area contributed by atoms with E-state index in [4.69, 9.17) is 30.0 Å². The van der Waals surface area contributed by atoms with Gasteiger partial charge in [-0.15, -0.1) is 0 Å². The van der Waals surface area contributed by atoms with E-state index in [1.165, 1.54) is 6.26 Å². The van der Waals surface area contributed by atoms with Gasteiger partial charge in [-0.2, -0.15) is 59.7 Å². The number of nitrogens with zero attached hydrogens (tertiary/aromatic N) is 6. The summed E-state index contributed by atoms with van der Waals surface area (Å²) in [6.07, 6.45) is -11.4. The zero-order valence-corrected chi connectivity index (χ0v) is 23.0. The molecule has 0 amide bonds. The normalized spacial score (nSPS) is 11.9. The molecule has 22 heteroatoms. The summed E-state index contributed by atoms with van der Waals surface area (Å²) in [6.45, 7) is 0.460. The molecule has 0 saturated heterocycles.